The molecular weight excluding hydrogens is 467 g/mol. The molecule has 0 radical (unpaired) electrons. The zero-order valence-corrected chi connectivity index (χ0v) is 19.1. The summed E-state index contributed by atoms with van der Waals surface area (Å²) >= 11 is 0. The molecule has 0 bridgehead atoms. The number of guanidine groups is 1. The Morgan fingerprint density at radius 1 is 1.23 bits per heavy atom. The van der Waals surface area contributed by atoms with Crippen molar-refractivity contribution in [3.63, 3.8) is 0 Å². The standard InChI is InChI=1S/C17H30N4O3S.HI/c1-14(2)13-24-11-7-10-19-17(18-3)20-12-15-8-5-6-9-16(15)21-25(4,22)23;/h5-6,8-9,14,21H,7,10-13H2,1-4H3,(H2,18,19,20);1H. The first kappa shape index (κ1) is 24.9. The summed E-state index contributed by atoms with van der Waals surface area (Å²) in [6, 6.07) is 7.27. The Bertz CT molecular complexity index is 651. The zero-order valence-electron chi connectivity index (χ0n) is 15.9. The minimum absolute atomic E-state index is 0. The predicted molar refractivity (Wildman–Crippen MR) is 119 cm³/mol. The second-order valence-corrected chi connectivity index (χ2v) is 7.95. The van der Waals surface area contributed by atoms with E-state index in [9.17, 15) is 8.42 Å². The zero-order chi connectivity index (χ0) is 18.7. The van der Waals surface area contributed by atoms with Gasteiger partial charge in [-0.15, -0.1) is 24.0 Å². The molecule has 0 aromatic heterocycles. The van der Waals surface area contributed by atoms with Crippen LogP contribution in [0.4, 0.5) is 5.69 Å². The van der Waals surface area contributed by atoms with Gasteiger partial charge in [-0.1, -0.05) is 32.0 Å². The van der Waals surface area contributed by atoms with E-state index >= 15 is 0 Å². The van der Waals surface area contributed by atoms with Gasteiger partial charge in [-0.05, 0) is 24.0 Å². The van der Waals surface area contributed by atoms with E-state index in [2.05, 4.69) is 34.2 Å². The summed E-state index contributed by atoms with van der Waals surface area (Å²) in [6.07, 6.45) is 2.03. The van der Waals surface area contributed by atoms with Gasteiger partial charge in [0.25, 0.3) is 0 Å². The number of hydrogen-bond acceptors (Lipinski definition) is 4. The molecule has 1 aromatic carbocycles. The molecule has 26 heavy (non-hydrogen) atoms. The van der Waals surface area contributed by atoms with Gasteiger partial charge in [0, 0.05) is 33.4 Å². The largest absolute Gasteiger partial charge is 0.381 e. The monoisotopic (exact) mass is 498 g/mol. The lowest BCUT2D eigenvalue weighted by atomic mass is 10.2. The fraction of sp³-hybridized carbons (Fsp3) is 0.588. The van der Waals surface area contributed by atoms with Crippen LogP contribution in [0.25, 0.3) is 0 Å². The van der Waals surface area contributed by atoms with Gasteiger partial charge in [0.2, 0.25) is 10.0 Å². The van der Waals surface area contributed by atoms with Gasteiger partial charge in [-0.2, -0.15) is 0 Å². The van der Waals surface area contributed by atoms with Gasteiger partial charge in [0.1, 0.15) is 0 Å². The normalized spacial score (nSPS) is 11.8. The van der Waals surface area contributed by atoms with Gasteiger partial charge >= 0.3 is 0 Å². The molecule has 3 N–H and O–H groups in total. The Balaban J connectivity index is 0.00000625. The molecule has 0 aliphatic heterocycles. The van der Waals surface area contributed by atoms with Crippen molar-refractivity contribution in [2.75, 3.05) is 37.8 Å². The van der Waals surface area contributed by atoms with Crippen LogP contribution in [-0.4, -0.2) is 47.4 Å². The lowest BCUT2D eigenvalue weighted by molar-refractivity contribution is 0.108. The Hall–Kier alpha value is -1.07. The van der Waals surface area contributed by atoms with Gasteiger partial charge in [0.05, 0.1) is 11.9 Å². The van der Waals surface area contributed by atoms with E-state index in [0.29, 0.717) is 30.7 Å². The minimum Gasteiger partial charge on any atom is -0.381 e. The first-order valence-electron chi connectivity index (χ1n) is 8.39. The molecule has 9 heteroatoms. The molecule has 0 aliphatic carbocycles. The van der Waals surface area contributed by atoms with Crippen LogP contribution in [0, 0.1) is 5.92 Å². The molecule has 0 saturated heterocycles. The van der Waals surface area contributed by atoms with Crippen LogP contribution in [0.1, 0.15) is 25.8 Å². The maximum absolute atomic E-state index is 11.4. The SMILES string of the molecule is CN=C(NCCCOCC(C)C)NCc1ccccc1NS(C)(=O)=O.I. The molecular formula is C17H31IN4O3S. The topological polar surface area (TPSA) is 91.8 Å². The van der Waals surface area contributed by atoms with Gasteiger partial charge < -0.3 is 15.4 Å². The van der Waals surface area contributed by atoms with E-state index in [1.165, 1.54) is 0 Å². The van der Waals surface area contributed by atoms with Crippen LogP contribution in [0.5, 0.6) is 0 Å². The molecule has 0 spiro atoms. The smallest absolute Gasteiger partial charge is 0.229 e. The van der Waals surface area contributed by atoms with Crippen molar-refractivity contribution in [2.24, 2.45) is 10.9 Å². The third-order valence-electron chi connectivity index (χ3n) is 3.19. The molecule has 0 amide bonds. The highest BCUT2D eigenvalue weighted by Gasteiger charge is 2.07. The van der Waals surface area contributed by atoms with Gasteiger partial charge in [-0.25, -0.2) is 8.42 Å². The molecule has 1 rings (SSSR count). The minimum atomic E-state index is -3.31. The fourth-order valence-electron chi connectivity index (χ4n) is 2.07. The molecule has 150 valence electrons. The van der Waals surface area contributed by atoms with Gasteiger partial charge in [-0.3, -0.25) is 9.71 Å². The first-order valence-corrected chi connectivity index (χ1v) is 10.3. The molecule has 0 saturated carbocycles. The molecule has 7 nitrogen and oxygen atoms in total. The average Bonchev–Trinajstić information content (AvgIpc) is 2.53. The summed E-state index contributed by atoms with van der Waals surface area (Å²) in [7, 11) is -1.61. The molecule has 0 heterocycles. The summed E-state index contributed by atoms with van der Waals surface area (Å²) in [4.78, 5) is 4.17. The van der Waals surface area contributed by atoms with Crippen molar-refractivity contribution in [1.29, 1.82) is 0 Å². The van der Waals surface area contributed by atoms with Crippen LogP contribution in [0.15, 0.2) is 29.3 Å². The van der Waals surface area contributed by atoms with E-state index < -0.39 is 10.0 Å². The van der Waals surface area contributed by atoms with Crippen molar-refractivity contribution in [2.45, 2.75) is 26.8 Å². The number of aliphatic imine (C=N–C) groups is 1. The third-order valence-corrected chi connectivity index (χ3v) is 3.78. The van der Waals surface area contributed by atoms with Crippen molar-refractivity contribution < 1.29 is 13.2 Å². The lowest BCUT2D eigenvalue weighted by Gasteiger charge is -2.15. The number of anilines is 1. The van der Waals surface area contributed by atoms with Crippen molar-refractivity contribution in [3.8, 4) is 0 Å². The van der Waals surface area contributed by atoms with E-state index in [0.717, 1.165) is 31.4 Å². The van der Waals surface area contributed by atoms with Gasteiger partial charge in [0.15, 0.2) is 5.96 Å². The Morgan fingerprint density at radius 2 is 1.92 bits per heavy atom. The molecule has 0 aliphatic rings. The van der Waals surface area contributed by atoms with Crippen LogP contribution < -0.4 is 15.4 Å². The lowest BCUT2D eigenvalue weighted by Crippen LogP contribution is -2.37. The second kappa shape index (κ2) is 13.2. The fourth-order valence-corrected chi connectivity index (χ4v) is 2.67. The van der Waals surface area contributed by atoms with E-state index in [4.69, 9.17) is 4.74 Å². The second-order valence-electron chi connectivity index (χ2n) is 6.21. The van der Waals surface area contributed by atoms with Crippen molar-refractivity contribution in [1.82, 2.24) is 10.6 Å². The maximum Gasteiger partial charge on any atom is 0.229 e. The molecule has 1 aromatic rings. The first-order chi connectivity index (χ1) is 11.8. The van der Waals surface area contributed by atoms with Crippen molar-refractivity contribution >= 4 is 45.6 Å². The van der Waals surface area contributed by atoms with E-state index in [-0.39, 0.29) is 24.0 Å². The number of hydrogen-bond donors (Lipinski definition) is 3. The predicted octanol–water partition coefficient (Wildman–Crippen LogP) is 2.40. The van der Waals surface area contributed by atoms with E-state index in [1.54, 1.807) is 19.2 Å². The quantitative estimate of drug-likeness (QED) is 0.200. The number of benzene rings is 1. The number of sulfonamides is 1. The average molecular weight is 498 g/mol. The van der Waals surface area contributed by atoms with Crippen LogP contribution in [-0.2, 0) is 21.3 Å². The Kier molecular flexibility index (Phi) is 12.6. The molecule has 0 atom stereocenters. The highest BCUT2D eigenvalue weighted by molar-refractivity contribution is 14.0. The Morgan fingerprint density at radius 3 is 2.54 bits per heavy atom. The highest BCUT2D eigenvalue weighted by Crippen LogP contribution is 2.15. The van der Waals surface area contributed by atoms with Crippen LogP contribution in [0.2, 0.25) is 0 Å². The van der Waals surface area contributed by atoms with Crippen molar-refractivity contribution in [3.05, 3.63) is 29.8 Å². The number of nitrogens with one attached hydrogen (secondary N) is 3. The Labute approximate surface area is 174 Å². The molecule has 0 fully saturated rings. The van der Waals surface area contributed by atoms with E-state index in [1.807, 2.05) is 12.1 Å². The third kappa shape index (κ3) is 11.5. The summed E-state index contributed by atoms with van der Waals surface area (Å²) in [6.45, 7) is 6.95. The maximum atomic E-state index is 11.4. The summed E-state index contributed by atoms with van der Waals surface area (Å²) < 4.78 is 30.9. The summed E-state index contributed by atoms with van der Waals surface area (Å²) in [5, 5.41) is 6.40. The summed E-state index contributed by atoms with van der Waals surface area (Å²) in [5.74, 6) is 1.21. The number of para-hydroxylation sites is 1. The van der Waals surface area contributed by atoms with Crippen LogP contribution in [0.3, 0.4) is 0 Å². The number of rotatable bonds is 10. The van der Waals surface area contributed by atoms with Crippen LogP contribution >= 0.6 is 24.0 Å². The number of ether oxygens (including phenoxy) is 1. The molecule has 0 unspecified atom stereocenters. The number of halogens is 1. The number of nitrogens with zero attached hydrogens (tertiary/aromatic N) is 1. The highest BCUT2D eigenvalue weighted by atomic mass is 127. The summed E-state index contributed by atoms with van der Waals surface area (Å²) in [5.41, 5.74) is 1.41.